The van der Waals surface area contributed by atoms with E-state index in [0.717, 1.165) is 10.6 Å². The SMILES string of the molecule is N#Cc1cc(I)c(-n2c(N)c3c(cc2=O)C(=O)NC3=O)cc1Cl. The Bertz CT molecular complexity index is 1010. The van der Waals surface area contributed by atoms with E-state index in [4.69, 9.17) is 22.6 Å². The molecule has 0 spiro atoms. The number of nitrogens with two attached hydrogens (primary N) is 1. The normalized spacial score (nSPS) is 12.7. The molecule has 0 aliphatic carbocycles. The van der Waals surface area contributed by atoms with E-state index in [1.54, 1.807) is 0 Å². The van der Waals surface area contributed by atoms with Crippen LogP contribution in [-0.4, -0.2) is 16.4 Å². The van der Waals surface area contributed by atoms with Crippen LogP contribution in [0.2, 0.25) is 5.02 Å². The van der Waals surface area contributed by atoms with Crippen molar-refractivity contribution >= 4 is 51.8 Å². The highest BCUT2D eigenvalue weighted by molar-refractivity contribution is 14.1. The van der Waals surface area contributed by atoms with E-state index in [1.165, 1.54) is 12.1 Å². The number of benzene rings is 1. The van der Waals surface area contributed by atoms with Gasteiger partial charge in [-0.25, -0.2) is 0 Å². The van der Waals surface area contributed by atoms with Crippen LogP contribution >= 0.6 is 34.2 Å². The average molecular weight is 441 g/mol. The summed E-state index contributed by atoms with van der Waals surface area (Å²) in [6, 6.07) is 5.90. The van der Waals surface area contributed by atoms with Gasteiger partial charge in [0.15, 0.2) is 0 Å². The van der Waals surface area contributed by atoms with E-state index in [-0.39, 0.29) is 27.5 Å². The number of pyridine rings is 1. The second kappa shape index (κ2) is 5.36. The van der Waals surface area contributed by atoms with Gasteiger partial charge in [-0.1, -0.05) is 11.6 Å². The molecular formula is C14H6ClIN4O3. The summed E-state index contributed by atoms with van der Waals surface area (Å²) in [5.41, 5.74) is 5.84. The van der Waals surface area contributed by atoms with E-state index in [0.29, 0.717) is 9.26 Å². The van der Waals surface area contributed by atoms with Gasteiger partial charge in [0.2, 0.25) is 0 Å². The molecule has 1 aromatic carbocycles. The maximum absolute atomic E-state index is 12.4. The third-order valence-corrected chi connectivity index (χ3v) is 4.53. The molecule has 0 saturated heterocycles. The molecule has 1 aromatic heterocycles. The Morgan fingerprint density at radius 3 is 2.57 bits per heavy atom. The standard InChI is InChI=1S/C14H6ClIN4O3/c15-7-3-9(8(16)1-5(7)4-17)20-10(21)2-6-11(12(20)18)14(23)19-13(6)22/h1-3H,18H2,(H,19,22,23). The maximum atomic E-state index is 12.4. The Labute approximate surface area is 147 Å². The number of imide groups is 1. The first kappa shape index (κ1) is 15.5. The number of carbonyl (C=O) groups is 2. The van der Waals surface area contributed by atoms with Gasteiger partial charge in [0, 0.05) is 9.64 Å². The van der Waals surface area contributed by atoms with Crippen molar-refractivity contribution in [3.8, 4) is 11.8 Å². The van der Waals surface area contributed by atoms with Gasteiger partial charge in [0.1, 0.15) is 11.9 Å². The molecule has 3 rings (SSSR count). The minimum Gasteiger partial charge on any atom is -0.384 e. The maximum Gasteiger partial charge on any atom is 0.262 e. The second-order valence-corrected chi connectivity index (χ2v) is 6.24. The van der Waals surface area contributed by atoms with Gasteiger partial charge >= 0.3 is 0 Å². The lowest BCUT2D eigenvalue weighted by Gasteiger charge is -2.14. The third kappa shape index (κ3) is 2.29. The minimum absolute atomic E-state index is 0.0501. The monoisotopic (exact) mass is 440 g/mol. The van der Waals surface area contributed by atoms with Crippen molar-refractivity contribution in [1.29, 1.82) is 5.26 Å². The highest BCUT2D eigenvalue weighted by Gasteiger charge is 2.32. The van der Waals surface area contributed by atoms with E-state index < -0.39 is 17.4 Å². The van der Waals surface area contributed by atoms with Crippen LogP contribution in [0.25, 0.3) is 5.69 Å². The minimum atomic E-state index is -0.661. The van der Waals surface area contributed by atoms with Crippen molar-refractivity contribution in [3.63, 3.8) is 0 Å². The fraction of sp³-hybridized carbons (Fsp3) is 0. The fourth-order valence-electron chi connectivity index (χ4n) is 2.32. The van der Waals surface area contributed by atoms with Crippen LogP contribution in [0.5, 0.6) is 0 Å². The van der Waals surface area contributed by atoms with Gasteiger partial charge in [-0.3, -0.25) is 24.3 Å². The molecule has 1 aliphatic rings. The first-order valence-electron chi connectivity index (χ1n) is 6.16. The number of rotatable bonds is 1. The lowest BCUT2D eigenvalue weighted by molar-refractivity contribution is 0.0880. The van der Waals surface area contributed by atoms with Crippen molar-refractivity contribution < 1.29 is 9.59 Å². The number of carbonyl (C=O) groups excluding carboxylic acids is 2. The molecule has 7 nitrogen and oxygen atoms in total. The number of nitrogen functional groups attached to an aromatic ring is 1. The summed E-state index contributed by atoms with van der Waals surface area (Å²) in [5.74, 6) is -1.48. The van der Waals surface area contributed by atoms with E-state index in [9.17, 15) is 14.4 Å². The smallest absolute Gasteiger partial charge is 0.262 e. The molecule has 0 fully saturated rings. The lowest BCUT2D eigenvalue weighted by atomic mass is 10.1. The highest BCUT2D eigenvalue weighted by Crippen LogP contribution is 2.28. The zero-order valence-electron chi connectivity index (χ0n) is 11.2. The first-order valence-corrected chi connectivity index (χ1v) is 7.61. The quantitative estimate of drug-likeness (QED) is 0.514. The Hall–Kier alpha value is -2.38. The van der Waals surface area contributed by atoms with E-state index in [1.807, 2.05) is 28.7 Å². The molecule has 2 amide bonds. The lowest BCUT2D eigenvalue weighted by Crippen LogP contribution is -2.24. The molecule has 0 atom stereocenters. The molecule has 2 heterocycles. The predicted octanol–water partition coefficient (Wildman–Crippen LogP) is 1.43. The first-order chi connectivity index (χ1) is 10.8. The van der Waals surface area contributed by atoms with Crippen LogP contribution in [0, 0.1) is 14.9 Å². The molecule has 0 radical (unpaired) electrons. The molecule has 9 heteroatoms. The van der Waals surface area contributed by atoms with Gasteiger partial charge in [0.05, 0.1) is 27.4 Å². The fourth-order valence-corrected chi connectivity index (χ4v) is 3.23. The summed E-state index contributed by atoms with van der Waals surface area (Å²) < 4.78 is 1.63. The number of nitrogens with zero attached hydrogens (tertiary/aromatic N) is 2. The van der Waals surface area contributed by atoms with Gasteiger partial charge in [-0.05, 0) is 34.7 Å². The molecular weight excluding hydrogens is 435 g/mol. The summed E-state index contributed by atoms with van der Waals surface area (Å²) in [7, 11) is 0. The zero-order chi connectivity index (χ0) is 16.9. The summed E-state index contributed by atoms with van der Waals surface area (Å²) in [5, 5.41) is 11.2. The van der Waals surface area contributed by atoms with Crippen LogP contribution in [0.4, 0.5) is 5.82 Å². The number of nitriles is 1. The molecule has 2 aromatic rings. The number of amides is 2. The van der Waals surface area contributed by atoms with Gasteiger partial charge in [-0.2, -0.15) is 5.26 Å². The van der Waals surface area contributed by atoms with Crippen LogP contribution in [-0.2, 0) is 0 Å². The van der Waals surface area contributed by atoms with E-state index in [2.05, 4.69) is 5.32 Å². The van der Waals surface area contributed by atoms with Gasteiger partial charge in [-0.15, -0.1) is 0 Å². The van der Waals surface area contributed by atoms with Crippen molar-refractivity contribution in [2.45, 2.75) is 0 Å². The molecule has 0 unspecified atom stereocenters. The Morgan fingerprint density at radius 1 is 1.22 bits per heavy atom. The zero-order valence-corrected chi connectivity index (χ0v) is 14.1. The summed E-state index contributed by atoms with van der Waals surface area (Å²) in [4.78, 5) is 35.8. The molecule has 3 N–H and O–H groups in total. The van der Waals surface area contributed by atoms with Crippen LogP contribution < -0.4 is 16.6 Å². The van der Waals surface area contributed by atoms with Crippen molar-refractivity contribution in [3.05, 3.63) is 53.8 Å². The van der Waals surface area contributed by atoms with Gasteiger partial charge in [0.25, 0.3) is 17.4 Å². The molecule has 1 aliphatic heterocycles. The summed E-state index contributed by atoms with van der Waals surface area (Å²) >= 11 is 7.94. The van der Waals surface area contributed by atoms with Crippen LogP contribution in [0.3, 0.4) is 0 Å². The van der Waals surface area contributed by atoms with Crippen molar-refractivity contribution in [2.75, 3.05) is 5.73 Å². The second-order valence-electron chi connectivity index (χ2n) is 4.67. The third-order valence-electron chi connectivity index (χ3n) is 3.35. The van der Waals surface area contributed by atoms with Crippen LogP contribution in [0.15, 0.2) is 23.0 Å². The van der Waals surface area contributed by atoms with E-state index >= 15 is 0 Å². The molecule has 114 valence electrons. The summed E-state index contributed by atoms with van der Waals surface area (Å²) in [6.07, 6.45) is 0. The average Bonchev–Trinajstić information content (AvgIpc) is 2.76. The number of fused-ring (bicyclic) bond motifs is 1. The molecule has 0 bridgehead atoms. The summed E-state index contributed by atoms with van der Waals surface area (Å²) in [6.45, 7) is 0. The highest BCUT2D eigenvalue weighted by atomic mass is 127. The number of anilines is 1. The Kier molecular flexibility index (Phi) is 3.62. The number of halogens is 2. The van der Waals surface area contributed by atoms with Crippen molar-refractivity contribution in [2.24, 2.45) is 0 Å². The van der Waals surface area contributed by atoms with Crippen LogP contribution in [0.1, 0.15) is 26.3 Å². The van der Waals surface area contributed by atoms with Crippen molar-refractivity contribution in [1.82, 2.24) is 9.88 Å². The largest absolute Gasteiger partial charge is 0.384 e. The Balaban J connectivity index is 2.36. The number of nitrogens with one attached hydrogen (secondary N) is 1. The Morgan fingerprint density at radius 2 is 1.91 bits per heavy atom. The van der Waals surface area contributed by atoms with Gasteiger partial charge < -0.3 is 5.73 Å². The number of hydrogen-bond donors (Lipinski definition) is 2. The molecule has 23 heavy (non-hydrogen) atoms. The topological polar surface area (TPSA) is 118 Å². The predicted molar refractivity (Wildman–Crippen MR) is 90.7 cm³/mol. The number of aromatic nitrogens is 1. The number of hydrogen-bond acceptors (Lipinski definition) is 5. The molecule has 0 saturated carbocycles.